The number of ether oxygens (including phenoxy) is 2. The molecule has 0 saturated carbocycles. The van der Waals surface area contributed by atoms with Crippen molar-refractivity contribution in [1.29, 1.82) is 0 Å². The third kappa shape index (κ3) is 4.86. The summed E-state index contributed by atoms with van der Waals surface area (Å²) in [6, 6.07) is 14.0. The lowest BCUT2D eigenvalue weighted by atomic mass is 10.1. The van der Waals surface area contributed by atoms with Gasteiger partial charge in [0.25, 0.3) is 0 Å². The Labute approximate surface area is 176 Å². The Morgan fingerprint density at radius 3 is 2.52 bits per heavy atom. The molecule has 0 spiro atoms. The molecule has 0 aliphatic rings. The van der Waals surface area contributed by atoms with Gasteiger partial charge in [-0.05, 0) is 50.7 Å². The highest BCUT2D eigenvalue weighted by molar-refractivity contribution is 7.80. The van der Waals surface area contributed by atoms with Crippen LogP contribution in [0.3, 0.4) is 0 Å². The molecule has 7 heteroatoms. The fourth-order valence-electron chi connectivity index (χ4n) is 3.18. The van der Waals surface area contributed by atoms with Crippen LogP contribution in [0.15, 0.2) is 42.5 Å². The van der Waals surface area contributed by atoms with Crippen LogP contribution in [0.1, 0.15) is 22.5 Å². The van der Waals surface area contributed by atoms with Crippen molar-refractivity contribution in [1.82, 2.24) is 9.78 Å². The molecule has 152 valence electrons. The topological polar surface area (TPSA) is 60.3 Å². The first-order valence-corrected chi connectivity index (χ1v) is 9.71. The second-order valence-corrected chi connectivity index (χ2v) is 7.25. The van der Waals surface area contributed by atoms with Crippen LogP contribution in [-0.2, 0) is 6.54 Å². The smallest absolute Gasteiger partial charge is 0.175 e. The minimum absolute atomic E-state index is 0.467. The van der Waals surface area contributed by atoms with Crippen LogP contribution < -0.4 is 20.1 Å². The molecule has 0 fully saturated rings. The standard InChI is InChI=1S/C22H26N4O2S/c1-14-7-6-8-17(11-14)13-26-16(3)21(15(2)25-26)24-22(29)23-19-10-9-18(27-4)12-20(19)28-5/h6-12H,13H2,1-5H3,(H2,23,24,29). The highest BCUT2D eigenvalue weighted by Gasteiger charge is 2.14. The largest absolute Gasteiger partial charge is 0.497 e. The highest BCUT2D eigenvalue weighted by atomic mass is 32.1. The molecular weight excluding hydrogens is 384 g/mol. The summed E-state index contributed by atoms with van der Waals surface area (Å²) in [6.45, 7) is 6.81. The van der Waals surface area contributed by atoms with E-state index in [4.69, 9.17) is 21.7 Å². The van der Waals surface area contributed by atoms with Gasteiger partial charge in [-0.15, -0.1) is 0 Å². The molecule has 3 aromatic rings. The van der Waals surface area contributed by atoms with Gasteiger partial charge in [0.15, 0.2) is 5.11 Å². The number of hydrogen-bond acceptors (Lipinski definition) is 4. The first kappa shape index (κ1) is 20.7. The van der Waals surface area contributed by atoms with Crippen molar-refractivity contribution in [2.75, 3.05) is 24.9 Å². The Kier molecular flexibility index (Phi) is 6.39. The van der Waals surface area contributed by atoms with E-state index in [0.29, 0.717) is 17.4 Å². The summed E-state index contributed by atoms with van der Waals surface area (Å²) in [5.74, 6) is 1.37. The number of nitrogens with one attached hydrogen (secondary N) is 2. The Hall–Kier alpha value is -3.06. The average molecular weight is 411 g/mol. The molecule has 0 saturated heterocycles. The number of hydrogen-bond donors (Lipinski definition) is 2. The SMILES string of the molecule is COc1ccc(NC(=S)Nc2c(C)nn(Cc3cccc(C)c3)c2C)c(OC)c1. The van der Waals surface area contributed by atoms with Crippen LogP contribution in [0.4, 0.5) is 11.4 Å². The number of benzene rings is 2. The molecule has 0 radical (unpaired) electrons. The van der Waals surface area contributed by atoms with E-state index in [2.05, 4.69) is 46.9 Å². The van der Waals surface area contributed by atoms with Crippen molar-refractivity contribution >= 4 is 28.7 Å². The van der Waals surface area contributed by atoms with E-state index in [1.807, 2.05) is 30.7 Å². The summed E-state index contributed by atoms with van der Waals surface area (Å²) >= 11 is 5.52. The molecule has 2 aromatic carbocycles. The van der Waals surface area contributed by atoms with Gasteiger partial charge in [-0.3, -0.25) is 4.68 Å². The third-order valence-corrected chi connectivity index (χ3v) is 4.90. The van der Waals surface area contributed by atoms with Crippen molar-refractivity contribution in [2.45, 2.75) is 27.3 Å². The van der Waals surface area contributed by atoms with E-state index in [9.17, 15) is 0 Å². The van der Waals surface area contributed by atoms with E-state index in [1.165, 1.54) is 11.1 Å². The number of nitrogens with zero attached hydrogens (tertiary/aromatic N) is 2. The van der Waals surface area contributed by atoms with Gasteiger partial charge in [0.2, 0.25) is 0 Å². The van der Waals surface area contributed by atoms with Crippen molar-refractivity contribution in [3.8, 4) is 11.5 Å². The minimum Gasteiger partial charge on any atom is -0.497 e. The minimum atomic E-state index is 0.467. The first-order valence-electron chi connectivity index (χ1n) is 9.31. The number of methoxy groups -OCH3 is 2. The van der Waals surface area contributed by atoms with E-state index in [-0.39, 0.29) is 0 Å². The second-order valence-electron chi connectivity index (χ2n) is 6.84. The van der Waals surface area contributed by atoms with E-state index in [1.54, 1.807) is 20.3 Å². The number of anilines is 2. The summed E-state index contributed by atoms with van der Waals surface area (Å²) in [5, 5.41) is 11.6. The third-order valence-electron chi connectivity index (χ3n) is 4.69. The van der Waals surface area contributed by atoms with E-state index in [0.717, 1.165) is 28.5 Å². The maximum absolute atomic E-state index is 5.52. The summed E-state index contributed by atoms with van der Waals surface area (Å²) < 4.78 is 12.6. The van der Waals surface area contributed by atoms with Crippen LogP contribution in [0.5, 0.6) is 11.5 Å². The fraction of sp³-hybridized carbons (Fsp3) is 0.273. The maximum atomic E-state index is 5.52. The molecule has 0 unspecified atom stereocenters. The van der Waals surface area contributed by atoms with Crippen LogP contribution in [0.25, 0.3) is 0 Å². The lowest BCUT2D eigenvalue weighted by molar-refractivity contribution is 0.395. The van der Waals surface area contributed by atoms with Gasteiger partial charge in [0.1, 0.15) is 11.5 Å². The van der Waals surface area contributed by atoms with Crippen molar-refractivity contribution < 1.29 is 9.47 Å². The predicted octanol–water partition coefficient (Wildman–Crippen LogP) is 4.68. The number of thiocarbonyl (C=S) groups is 1. The molecule has 1 heterocycles. The molecule has 0 aliphatic carbocycles. The monoisotopic (exact) mass is 410 g/mol. The van der Waals surface area contributed by atoms with Gasteiger partial charge < -0.3 is 20.1 Å². The maximum Gasteiger partial charge on any atom is 0.175 e. The van der Waals surface area contributed by atoms with Crippen molar-refractivity contribution in [2.24, 2.45) is 0 Å². The zero-order valence-corrected chi connectivity index (χ0v) is 18.2. The van der Waals surface area contributed by atoms with Crippen LogP contribution in [-0.4, -0.2) is 29.1 Å². The zero-order chi connectivity index (χ0) is 21.0. The van der Waals surface area contributed by atoms with E-state index >= 15 is 0 Å². The Bertz CT molecular complexity index is 1030. The quantitative estimate of drug-likeness (QED) is 0.575. The average Bonchev–Trinajstić information content (AvgIpc) is 2.95. The molecule has 0 bridgehead atoms. The van der Waals surface area contributed by atoms with Crippen molar-refractivity contribution in [3.05, 3.63) is 65.0 Å². The number of rotatable bonds is 6. The summed E-state index contributed by atoms with van der Waals surface area (Å²) in [6.07, 6.45) is 0. The molecule has 3 rings (SSSR count). The highest BCUT2D eigenvalue weighted by Crippen LogP contribution is 2.29. The number of aryl methyl sites for hydroxylation is 2. The molecule has 0 amide bonds. The van der Waals surface area contributed by atoms with Gasteiger partial charge in [-0.1, -0.05) is 29.8 Å². The molecule has 6 nitrogen and oxygen atoms in total. The Balaban J connectivity index is 1.75. The Morgan fingerprint density at radius 2 is 1.83 bits per heavy atom. The van der Waals surface area contributed by atoms with Crippen LogP contribution in [0, 0.1) is 20.8 Å². The van der Waals surface area contributed by atoms with Gasteiger partial charge in [0, 0.05) is 6.07 Å². The molecule has 0 atom stereocenters. The van der Waals surface area contributed by atoms with Crippen LogP contribution >= 0.6 is 12.2 Å². The normalized spacial score (nSPS) is 10.5. The fourth-order valence-corrected chi connectivity index (χ4v) is 3.40. The van der Waals surface area contributed by atoms with Gasteiger partial charge >= 0.3 is 0 Å². The second kappa shape index (κ2) is 8.96. The lowest BCUT2D eigenvalue weighted by Gasteiger charge is -2.14. The molecular formula is C22H26N4O2S. The summed E-state index contributed by atoms with van der Waals surface area (Å²) in [5.41, 5.74) is 6.03. The molecule has 2 N–H and O–H groups in total. The Morgan fingerprint density at radius 1 is 1.03 bits per heavy atom. The van der Waals surface area contributed by atoms with E-state index < -0.39 is 0 Å². The zero-order valence-electron chi connectivity index (χ0n) is 17.4. The van der Waals surface area contributed by atoms with Gasteiger partial charge in [-0.2, -0.15) is 5.10 Å². The summed E-state index contributed by atoms with van der Waals surface area (Å²) in [4.78, 5) is 0. The lowest BCUT2D eigenvalue weighted by Crippen LogP contribution is -2.20. The summed E-state index contributed by atoms with van der Waals surface area (Å²) in [7, 11) is 3.23. The predicted molar refractivity (Wildman–Crippen MR) is 121 cm³/mol. The van der Waals surface area contributed by atoms with Crippen LogP contribution in [0.2, 0.25) is 0 Å². The molecule has 29 heavy (non-hydrogen) atoms. The van der Waals surface area contributed by atoms with Crippen molar-refractivity contribution in [3.63, 3.8) is 0 Å². The number of aromatic nitrogens is 2. The molecule has 1 aromatic heterocycles. The first-order chi connectivity index (χ1) is 13.9. The van der Waals surface area contributed by atoms with Gasteiger partial charge in [-0.25, -0.2) is 0 Å². The molecule has 0 aliphatic heterocycles. The van der Waals surface area contributed by atoms with Gasteiger partial charge in [0.05, 0.1) is 43.5 Å².